The fourth-order valence-corrected chi connectivity index (χ4v) is 5.95. The van der Waals surface area contributed by atoms with Crippen molar-refractivity contribution in [2.45, 2.75) is 45.1 Å². The third kappa shape index (κ3) is 6.21. The summed E-state index contributed by atoms with van der Waals surface area (Å²) in [6.45, 7) is 3.64. The van der Waals surface area contributed by atoms with E-state index in [1.807, 2.05) is 102 Å². The number of hydrogen-bond acceptors (Lipinski definition) is 4. The van der Waals surface area contributed by atoms with Crippen molar-refractivity contribution < 1.29 is 14.4 Å². The summed E-state index contributed by atoms with van der Waals surface area (Å²) in [6.07, 6.45) is 0.698. The molecule has 208 valence electrons. The summed E-state index contributed by atoms with van der Waals surface area (Å²) in [6, 6.07) is 26.5. The van der Waals surface area contributed by atoms with Gasteiger partial charge in [0, 0.05) is 30.5 Å². The van der Waals surface area contributed by atoms with E-state index in [0.717, 1.165) is 27.6 Å². The first kappa shape index (κ1) is 27.9. The van der Waals surface area contributed by atoms with E-state index in [1.165, 1.54) is 0 Å². The molecule has 3 aromatic carbocycles. The molecule has 0 radical (unpaired) electrons. The SMILES string of the molecule is CCCN(C(=O)NCc1ccccc1)N1CC(=O)N2[C@@H](Cc3ccccc3)C(=O)N(Cc3cccc(Br)c3)C[C@@H]21. The Morgan fingerprint density at radius 2 is 1.62 bits per heavy atom. The van der Waals surface area contributed by atoms with Crippen LogP contribution in [-0.2, 0) is 29.1 Å². The van der Waals surface area contributed by atoms with Gasteiger partial charge in [0.1, 0.15) is 12.2 Å². The molecule has 0 spiro atoms. The Labute approximate surface area is 243 Å². The lowest BCUT2D eigenvalue weighted by Crippen LogP contribution is -2.66. The van der Waals surface area contributed by atoms with Gasteiger partial charge in [-0.15, -0.1) is 0 Å². The van der Waals surface area contributed by atoms with Gasteiger partial charge in [0.15, 0.2) is 0 Å². The quantitative estimate of drug-likeness (QED) is 0.393. The maximum atomic E-state index is 13.9. The van der Waals surface area contributed by atoms with Crippen molar-refractivity contribution in [1.82, 2.24) is 25.1 Å². The topological polar surface area (TPSA) is 76.2 Å². The lowest BCUT2D eigenvalue weighted by Gasteiger charge is -2.46. The van der Waals surface area contributed by atoms with E-state index < -0.39 is 12.2 Å². The van der Waals surface area contributed by atoms with Gasteiger partial charge in [-0.2, -0.15) is 5.01 Å². The fraction of sp³-hybridized carbons (Fsp3) is 0.323. The van der Waals surface area contributed by atoms with Crippen molar-refractivity contribution in [3.8, 4) is 0 Å². The van der Waals surface area contributed by atoms with Crippen LogP contribution in [0.2, 0.25) is 0 Å². The Bertz CT molecular complexity index is 1340. The van der Waals surface area contributed by atoms with Crippen molar-refractivity contribution in [2.24, 2.45) is 0 Å². The lowest BCUT2D eigenvalue weighted by molar-refractivity contribution is -0.157. The van der Waals surface area contributed by atoms with Crippen molar-refractivity contribution in [2.75, 3.05) is 19.6 Å². The van der Waals surface area contributed by atoms with Crippen LogP contribution in [-0.4, -0.2) is 69.5 Å². The number of benzene rings is 3. The molecule has 5 rings (SSSR count). The molecule has 4 amide bonds. The summed E-state index contributed by atoms with van der Waals surface area (Å²) in [7, 11) is 0. The van der Waals surface area contributed by atoms with Crippen molar-refractivity contribution in [3.05, 3.63) is 106 Å². The molecule has 40 heavy (non-hydrogen) atoms. The number of piperazine rings is 1. The van der Waals surface area contributed by atoms with Crippen molar-refractivity contribution >= 4 is 33.8 Å². The summed E-state index contributed by atoms with van der Waals surface area (Å²) in [5, 5.41) is 6.52. The zero-order chi connectivity index (χ0) is 28.1. The van der Waals surface area contributed by atoms with Gasteiger partial charge >= 0.3 is 6.03 Å². The molecule has 1 N–H and O–H groups in total. The minimum atomic E-state index is -0.651. The van der Waals surface area contributed by atoms with Crippen molar-refractivity contribution in [1.29, 1.82) is 0 Å². The number of halogens is 1. The first-order valence-electron chi connectivity index (χ1n) is 13.7. The van der Waals surface area contributed by atoms with E-state index in [0.29, 0.717) is 32.6 Å². The van der Waals surface area contributed by atoms with Gasteiger partial charge in [-0.25, -0.2) is 4.79 Å². The van der Waals surface area contributed by atoms with Gasteiger partial charge in [-0.1, -0.05) is 95.7 Å². The number of carbonyl (C=O) groups is 3. The molecule has 2 atom stereocenters. The highest BCUT2D eigenvalue weighted by Crippen LogP contribution is 2.30. The Hall–Kier alpha value is -3.69. The minimum Gasteiger partial charge on any atom is -0.333 e. The van der Waals surface area contributed by atoms with E-state index in [-0.39, 0.29) is 24.4 Å². The summed E-state index contributed by atoms with van der Waals surface area (Å²) < 4.78 is 0.943. The van der Waals surface area contributed by atoms with E-state index in [4.69, 9.17) is 0 Å². The first-order chi connectivity index (χ1) is 19.4. The summed E-state index contributed by atoms with van der Waals surface area (Å²) >= 11 is 3.53. The molecule has 2 saturated heterocycles. The molecular formula is C31H34BrN5O3. The maximum Gasteiger partial charge on any atom is 0.332 e. The normalized spacial score (nSPS) is 19.1. The van der Waals surface area contributed by atoms with Gasteiger partial charge in [0.05, 0.1) is 13.1 Å². The van der Waals surface area contributed by atoms with Crippen LogP contribution in [0.15, 0.2) is 89.4 Å². The summed E-state index contributed by atoms with van der Waals surface area (Å²) in [4.78, 5) is 44.5. The largest absolute Gasteiger partial charge is 0.333 e. The Morgan fingerprint density at radius 3 is 2.30 bits per heavy atom. The fourth-order valence-electron chi connectivity index (χ4n) is 5.51. The highest BCUT2D eigenvalue weighted by molar-refractivity contribution is 9.10. The lowest BCUT2D eigenvalue weighted by atomic mass is 10.00. The van der Waals surface area contributed by atoms with E-state index >= 15 is 0 Å². The molecule has 8 nitrogen and oxygen atoms in total. The smallest absolute Gasteiger partial charge is 0.332 e. The standard InChI is InChI=1S/C31H34BrN5O3/c1-2-16-35(31(40)33-19-24-12-7-4-8-13-24)36-22-29(38)37-27(18-23-10-5-3-6-11-23)30(39)34(21-28(36)37)20-25-14-9-15-26(32)17-25/h3-15,17,27-28H,2,16,18-22H2,1H3,(H,33,40)/t27-,28+/m0/s1. The number of rotatable bonds is 9. The van der Waals surface area contributed by atoms with E-state index in [9.17, 15) is 14.4 Å². The van der Waals surface area contributed by atoms with E-state index in [2.05, 4.69) is 21.2 Å². The Balaban J connectivity index is 1.42. The monoisotopic (exact) mass is 603 g/mol. The number of amides is 4. The Morgan fingerprint density at radius 1 is 0.950 bits per heavy atom. The average Bonchev–Trinajstić information content (AvgIpc) is 3.29. The second kappa shape index (κ2) is 12.7. The summed E-state index contributed by atoms with van der Waals surface area (Å²) in [5.74, 6) is -0.218. The van der Waals surface area contributed by atoms with Crippen LogP contribution in [0.25, 0.3) is 0 Å². The van der Waals surface area contributed by atoms with Crippen LogP contribution in [0.1, 0.15) is 30.0 Å². The first-order valence-corrected chi connectivity index (χ1v) is 14.5. The van der Waals surface area contributed by atoms with Crippen LogP contribution in [0.3, 0.4) is 0 Å². The zero-order valence-corrected chi connectivity index (χ0v) is 24.2. The molecule has 0 saturated carbocycles. The number of hydrogen-bond donors (Lipinski definition) is 1. The minimum absolute atomic E-state index is 0.0483. The number of nitrogens with one attached hydrogen (secondary N) is 1. The summed E-state index contributed by atoms with van der Waals surface area (Å²) in [5.41, 5.74) is 2.98. The molecule has 0 bridgehead atoms. The van der Waals surface area contributed by atoms with Gasteiger partial charge in [0.25, 0.3) is 0 Å². The van der Waals surface area contributed by atoms with Crippen LogP contribution in [0, 0.1) is 0 Å². The predicted octanol–water partition coefficient (Wildman–Crippen LogP) is 4.41. The van der Waals surface area contributed by atoms with Crippen LogP contribution in [0.4, 0.5) is 4.79 Å². The van der Waals surface area contributed by atoms with Crippen LogP contribution < -0.4 is 5.32 Å². The zero-order valence-electron chi connectivity index (χ0n) is 22.6. The number of hydrazine groups is 1. The van der Waals surface area contributed by atoms with Crippen molar-refractivity contribution in [3.63, 3.8) is 0 Å². The molecule has 2 heterocycles. The second-order valence-corrected chi connectivity index (χ2v) is 11.1. The third-order valence-electron chi connectivity index (χ3n) is 7.37. The van der Waals surface area contributed by atoms with Crippen LogP contribution in [0.5, 0.6) is 0 Å². The maximum absolute atomic E-state index is 13.9. The van der Waals surface area contributed by atoms with Gasteiger partial charge in [-0.05, 0) is 35.2 Å². The molecule has 2 fully saturated rings. The highest BCUT2D eigenvalue weighted by Gasteiger charge is 2.52. The van der Waals surface area contributed by atoms with Gasteiger partial charge < -0.3 is 15.1 Å². The van der Waals surface area contributed by atoms with E-state index in [1.54, 1.807) is 9.91 Å². The van der Waals surface area contributed by atoms with Gasteiger partial charge in [0.2, 0.25) is 11.8 Å². The molecule has 2 aliphatic rings. The Kier molecular flexibility index (Phi) is 8.81. The molecule has 9 heteroatoms. The molecule has 2 aliphatic heterocycles. The molecule has 0 unspecified atom stereocenters. The average molecular weight is 605 g/mol. The number of urea groups is 1. The van der Waals surface area contributed by atoms with Crippen LogP contribution >= 0.6 is 15.9 Å². The number of nitrogens with zero attached hydrogens (tertiary/aromatic N) is 4. The van der Waals surface area contributed by atoms with Gasteiger partial charge in [-0.3, -0.25) is 14.6 Å². The number of fused-ring (bicyclic) bond motifs is 1. The third-order valence-corrected chi connectivity index (χ3v) is 7.86. The molecular weight excluding hydrogens is 570 g/mol. The molecule has 0 aliphatic carbocycles. The number of carbonyl (C=O) groups excluding carboxylic acids is 3. The highest BCUT2D eigenvalue weighted by atomic mass is 79.9. The second-order valence-electron chi connectivity index (χ2n) is 10.2. The predicted molar refractivity (Wildman–Crippen MR) is 157 cm³/mol. The molecule has 0 aromatic heterocycles. The molecule has 3 aromatic rings.